The highest BCUT2D eigenvalue weighted by Crippen LogP contribution is 2.48. The van der Waals surface area contributed by atoms with Crippen LogP contribution >= 0.6 is 0 Å². The second-order valence-corrected chi connectivity index (χ2v) is 8.09. The van der Waals surface area contributed by atoms with Crippen molar-refractivity contribution in [1.82, 2.24) is 5.32 Å². The molecular weight excluding hydrogens is 290 g/mol. The summed E-state index contributed by atoms with van der Waals surface area (Å²) in [6.45, 7) is 0. The van der Waals surface area contributed by atoms with Gasteiger partial charge in [-0.25, -0.2) is 0 Å². The van der Waals surface area contributed by atoms with Gasteiger partial charge in [0, 0.05) is 11.3 Å². The third-order valence-corrected chi connectivity index (χ3v) is 6.37. The molecule has 0 amide bonds. The van der Waals surface area contributed by atoms with E-state index >= 15 is 0 Å². The molecule has 1 saturated carbocycles. The number of rotatable bonds is 1. The summed E-state index contributed by atoms with van der Waals surface area (Å²) < 4.78 is 0. The molecule has 2 aliphatic carbocycles. The number of nitrogens with zero attached hydrogens (tertiary/aromatic N) is 1. The Hall–Kier alpha value is -1.24. The van der Waals surface area contributed by atoms with Gasteiger partial charge in [-0.05, 0) is 55.2 Å². The molecule has 4 rings (SSSR count). The highest BCUT2D eigenvalue weighted by atomic mass is 14.9. The maximum absolute atomic E-state index is 4.95. The average Bonchev–Trinajstić information content (AvgIpc) is 3.16. The molecule has 0 N–H and O–H groups in total. The van der Waals surface area contributed by atoms with Gasteiger partial charge < -0.3 is 0 Å². The lowest BCUT2D eigenvalue weighted by Crippen LogP contribution is -2.04. The van der Waals surface area contributed by atoms with Crippen LogP contribution in [0.3, 0.4) is 0 Å². The first-order valence-corrected chi connectivity index (χ1v) is 10.5. The zero-order valence-electron chi connectivity index (χ0n) is 15.2. The molecule has 0 spiro atoms. The zero-order chi connectivity index (χ0) is 16.2. The highest BCUT2D eigenvalue weighted by Gasteiger charge is 2.30. The van der Waals surface area contributed by atoms with Crippen LogP contribution in [0.5, 0.6) is 0 Å². The van der Waals surface area contributed by atoms with E-state index in [1.54, 1.807) is 16.7 Å². The summed E-state index contributed by atoms with van der Waals surface area (Å²) in [5.74, 6) is 0.766. The molecule has 1 nitrogen and oxygen atoms in total. The zero-order valence-corrected chi connectivity index (χ0v) is 15.2. The molecule has 0 unspecified atom stereocenters. The van der Waals surface area contributed by atoms with Crippen LogP contribution in [0.1, 0.15) is 107 Å². The van der Waals surface area contributed by atoms with Crippen molar-refractivity contribution in [2.45, 2.75) is 95.8 Å². The van der Waals surface area contributed by atoms with Gasteiger partial charge >= 0.3 is 0 Å². The summed E-state index contributed by atoms with van der Waals surface area (Å²) in [5, 5.41) is 4.95. The van der Waals surface area contributed by atoms with E-state index in [1.807, 2.05) is 0 Å². The molecule has 24 heavy (non-hydrogen) atoms. The maximum atomic E-state index is 4.95. The Morgan fingerprint density at radius 1 is 0.708 bits per heavy atom. The van der Waals surface area contributed by atoms with E-state index in [2.05, 4.69) is 18.2 Å². The molecule has 1 fully saturated rings. The molecule has 0 bridgehead atoms. The van der Waals surface area contributed by atoms with E-state index in [1.165, 1.54) is 101 Å². The van der Waals surface area contributed by atoms with Crippen LogP contribution < -0.4 is 5.32 Å². The van der Waals surface area contributed by atoms with E-state index < -0.39 is 0 Å². The molecule has 1 aliphatic heterocycles. The molecule has 1 heterocycles. The summed E-state index contributed by atoms with van der Waals surface area (Å²) in [7, 11) is 0. The van der Waals surface area contributed by atoms with Gasteiger partial charge in [-0.15, -0.1) is 0 Å². The van der Waals surface area contributed by atoms with Gasteiger partial charge in [-0.2, -0.15) is 0 Å². The van der Waals surface area contributed by atoms with Crippen molar-refractivity contribution < 1.29 is 0 Å². The van der Waals surface area contributed by atoms with E-state index in [0.717, 1.165) is 5.92 Å². The van der Waals surface area contributed by atoms with Crippen LogP contribution in [-0.2, 0) is 0 Å². The minimum Gasteiger partial charge on any atom is -0.253 e. The average molecular weight is 323 g/mol. The molecule has 0 atom stereocenters. The van der Waals surface area contributed by atoms with Crippen LogP contribution in [0.2, 0.25) is 0 Å². The largest absolute Gasteiger partial charge is 0.253 e. The first-order valence-electron chi connectivity index (χ1n) is 10.5. The van der Waals surface area contributed by atoms with Crippen molar-refractivity contribution in [3.05, 3.63) is 35.0 Å². The van der Waals surface area contributed by atoms with Gasteiger partial charge in [-0.1, -0.05) is 69.9 Å². The minimum atomic E-state index is 0.766. The molecule has 1 radical (unpaired) electrons. The van der Waals surface area contributed by atoms with Gasteiger partial charge in [-0.3, -0.25) is 5.32 Å². The van der Waals surface area contributed by atoms with Crippen LogP contribution in [0.15, 0.2) is 23.9 Å². The minimum absolute atomic E-state index is 0.766. The predicted molar refractivity (Wildman–Crippen MR) is 103 cm³/mol. The lowest BCUT2D eigenvalue weighted by Gasteiger charge is -2.22. The first-order chi connectivity index (χ1) is 11.9. The smallest absolute Gasteiger partial charge is 0.0711 e. The Bertz CT molecular complexity index is 586. The fourth-order valence-corrected chi connectivity index (χ4v) is 5.06. The Labute approximate surface area is 147 Å². The van der Waals surface area contributed by atoms with Crippen molar-refractivity contribution in [2.24, 2.45) is 0 Å². The van der Waals surface area contributed by atoms with Crippen molar-refractivity contribution in [2.75, 3.05) is 0 Å². The monoisotopic (exact) mass is 322 g/mol. The van der Waals surface area contributed by atoms with Crippen LogP contribution in [0, 0.1) is 0 Å². The number of hydrogen-bond donors (Lipinski definition) is 0. The summed E-state index contributed by atoms with van der Waals surface area (Å²) >= 11 is 0. The SMILES string of the molecule is c1cc2c(c(C3CCCCCCCCCCC3)c1)C1=C(CCC1)[N]2. The lowest BCUT2D eigenvalue weighted by molar-refractivity contribution is 0.467. The third kappa shape index (κ3) is 3.41. The van der Waals surface area contributed by atoms with Crippen molar-refractivity contribution in [3.63, 3.8) is 0 Å². The van der Waals surface area contributed by atoms with Crippen molar-refractivity contribution in [1.29, 1.82) is 0 Å². The maximum Gasteiger partial charge on any atom is 0.0711 e. The quantitative estimate of drug-likeness (QED) is 0.518. The highest BCUT2D eigenvalue weighted by molar-refractivity contribution is 5.85. The Morgan fingerprint density at radius 2 is 1.38 bits per heavy atom. The van der Waals surface area contributed by atoms with Crippen LogP contribution in [-0.4, -0.2) is 0 Å². The normalized spacial score (nSPS) is 23.2. The Morgan fingerprint density at radius 3 is 2.08 bits per heavy atom. The first kappa shape index (κ1) is 16.2. The molecule has 129 valence electrons. The molecule has 1 aromatic carbocycles. The van der Waals surface area contributed by atoms with E-state index in [0.29, 0.717) is 0 Å². The fourth-order valence-electron chi connectivity index (χ4n) is 5.06. The lowest BCUT2D eigenvalue weighted by atomic mass is 9.83. The Kier molecular flexibility index (Phi) is 5.25. The van der Waals surface area contributed by atoms with Gasteiger partial charge in [0.25, 0.3) is 0 Å². The van der Waals surface area contributed by atoms with E-state index in [-0.39, 0.29) is 0 Å². The van der Waals surface area contributed by atoms with Crippen LogP contribution in [0.25, 0.3) is 5.57 Å². The molecular formula is C23H32N. The van der Waals surface area contributed by atoms with Crippen LogP contribution in [0.4, 0.5) is 5.69 Å². The van der Waals surface area contributed by atoms with Crippen molar-refractivity contribution >= 4 is 11.3 Å². The molecule has 0 aromatic heterocycles. The summed E-state index contributed by atoms with van der Waals surface area (Å²) in [6.07, 6.45) is 19.5. The summed E-state index contributed by atoms with van der Waals surface area (Å²) in [6, 6.07) is 6.93. The number of benzene rings is 1. The number of allylic oxidation sites excluding steroid dienone is 2. The molecule has 0 saturated heterocycles. The third-order valence-electron chi connectivity index (χ3n) is 6.37. The van der Waals surface area contributed by atoms with Gasteiger partial charge in [0.1, 0.15) is 0 Å². The van der Waals surface area contributed by atoms with E-state index in [4.69, 9.17) is 5.32 Å². The fraction of sp³-hybridized carbons (Fsp3) is 0.652. The summed E-state index contributed by atoms with van der Waals surface area (Å²) in [4.78, 5) is 0. The standard InChI is InChI=1S/C23H32N/c1-2-4-6-8-12-18(13-9-7-5-3-1)19-14-10-17-22-23(19)20-15-11-16-21(20)24-22/h10,14,17-18H,1-9,11-13,15-16H2. The second-order valence-electron chi connectivity index (χ2n) is 8.09. The predicted octanol–water partition coefficient (Wildman–Crippen LogP) is 7.22. The van der Waals surface area contributed by atoms with Gasteiger partial charge in [0.05, 0.1) is 5.69 Å². The molecule has 3 aliphatic rings. The van der Waals surface area contributed by atoms with Crippen molar-refractivity contribution in [3.8, 4) is 0 Å². The second kappa shape index (κ2) is 7.76. The number of fused-ring (bicyclic) bond motifs is 2. The van der Waals surface area contributed by atoms with Gasteiger partial charge in [0.2, 0.25) is 0 Å². The Balaban J connectivity index is 1.56. The van der Waals surface area contributed by atoms with E-state index in [9.17, 15) is 0 Å². The molecule has 1 aromatic rings. The topological polar surface area (TPSA) is 14.1 Å². The summed E-state index contributed by atoms with van der Waals surface area (Å²) in [5.41, 5.74) is 7.49. The van der Waals surface area contributed by atoms with Gasteiger partial charge in [0.15, 0.2) is 0 Å². The molecule has 1 heteroatoms. The number of hydrogen-bond acceptors (Lipinski definition) is 0.